The maximum Gasteiger partial charge on any atom is 0.231 e. The average molecular weight is 326 g/mol. The van der Waals surface area contributed by atoms with Crippen LogP contribution in [0.4, 0.5) is 0 Å². The number of hydrogen-bond acceptors (Lipinski definition) is 4. The Morgan fingerprint density at radius 1 is 1.17 bits per heavy atom. The van der Waals surface area contributed by atoms with E-state index in [0.717, 1.165) is 11.3 Å². The number of carbonyl (C=O) groups is 1. The number of rotatable bonds is 5. The number of para-hydroxylation sites is 2. The number of hydrogen-bond donors (Lipinski definition) is 1. The van der Waals surface area contributed by atoms with Crippen molar-refractivity contribution in [1.29, 1.82) is 0 Å². The van der Waals surface area contributed by atoms with E-state index >= 15 is 0 Å². The Morgan fingerprint density at radius 3 is 2.54 bits per heavy atom. The quantitative estimate of drug-likeness (QED) is 0.913. The van der Waals surface area contributed by atoms with Crippen molar-refractivity contribution in [3.05, 3.63) is 60.2 Å². The van der Waals surface area contributed by atoms with Crippen LogP contribution in [0.15, 0.2) is 54.6 Å². The highest BCUT2D eigenvalue weighted by Gasteiger charge is 2.27. The summed E-state index contributed by atoms with van der Waals surface area (Å²) in [6, 6.07) is 17.2. The molecule has 1 aliphatic rings. The summed E-state index contributed by atoms with van der Waals surface area (Å²) in [5, 5.41) is 0. The standard InChI is InChI=1S/C19H22N2O3/c1-21(19(22)16(11-20)14-7-3-2-4-8-14)12-15-13-23-17-9-5-6-10-18(17)24-15/h2-10,15-16H,11-13,20H2,1H3. The van der Waals surface area contributed by atoms with Gasteiger partial charge in [-0.25, -0.2) is 0 Å². The predicted molar refractivity (Wildman–Crippen MR) is 92.2 cm³/mol. The van der Waals surface area contributed by atoms with Gasteiger partial charge in [0.1, 0.15) is 6.61 Å². The van der Waals surface area contributed by atoms with Crippen LogP contribution in [-0.4, -0.2) is 43.7 Å². The number of carbonyl (C=O) groups excluding carboxylic acids is 1. The minimum Gasteiger partial charge on any atom is -0.486 e. The molecule has 1 amide bonds. The Labute approximate surface area is 142 Å². The van der Waals surface area contributed by atoms with Gasteiger partial charge in [0.25, 0.3) is 0 Å². The van der Waals surface area contributed by atoms with Crippen LogP contribution in [0.1, 0.15) is 11.5 Å². The fourth-order valence-electron chi connectivity index (χ4n) is 2.88. The fourth-order valence-corrected chi connectivity index (χ4v) is 2.88. The van der Waals surface area contributed by atoms with Gasteiger partial charge in [0.05, 0.1) is 12.5 Å². The first-order valence-electron chi connectivity index (χ1n) is 8.07. The third-order valence-corrected chi connectivity index (χ3v) is 4.16. The summed E-state index contributed by atoms with van der Waals surface area (Å²) >= 11 is 0. The normalized spacial score (nSPS) is 17.2. The average Bonchev–Trinajstić information content (AvgIpc) is 2.63. The highest BCUT2D eigenvalue weighted by molar-refractivity contribution is 5.83. The molecule has 2 atom stereocenters. The van der Waals surface area contributed by atoms with Gasteiger partial charge in [-0.1, -0.05) is 42.5 Å². The van der Waals surface area contributed by atoms with Gasteiger partial charge in [0.15, 0.2) is 17.6 Å². The van der Waals surface area contributed by atoms with Crippen LogP contribution in [0.5, 0.6) is 11.5 Å². The second-order valence-electron chi connectivity index (χ2n) is 5.92. The third-order valence-electron chi connectivity index (χ3n) is 4.16. The molecule has 0 saturated heterocycles. The molecule has 0 bridgehead atoms. The van der Waals surface area contributed by atoms with Crippen LogP contribution in [0.3, 0.4) is 0 Å². The first-order chi connectivity index (χ1) is 11.7. The van der Waals surface area contributed by atoms with Crippen molar-refractivity contribution in [3.8, 4) is 11.5 Å². The maximum absolute atomic E-state index is 12.7. The van der Waals surface area contributed by atoms with Crippen molar-refractivity contribution >= 4 is 5.91 Å². The fraction of sp³-hybridized carbons (Fsp3) is 0.316. The van der Waals surface area contributed by atoms with E-state index in [-0.39, 0.29) is 24.5 Å². The number of amides is 1. The predicted octanol–water partition coefficient (Wildman–Crippen LogP) is 2.03. The molecule has 24 heavy (non-hydrogen) atoms. The Hall–Kier alpha value is -2.53. The van der Waals surface area contributed by atoms with Crippen molar-refractivity contribution in [2.24, 2.45) is 5.73 Å². The van der Waals surface area contributed by atoms with Crippen molar-refractivity contribution in [1.82, 2.24) is 4.90 Å². The monoisotopic (exact) mass is 326 g/mol. The molecule has 0 aliphatic carbocycles. The molecule has 0 fully saturated rings. The minimum atomic E-state index is -0.340. The second-order valence-corrected chi connectivity index (χ2v) is 5.92. The summed E-state index contributed by atoms with van der Waals surface area (Å²) in [6.45, 7) is 1.15. The number of fused-ring (bicyclic) bond motifs is 1. The van der Waals surface area contributed by atoms with Gasteiger partial charge >= 0.3 is 0 Å². The third kappa shape index (κ3) is 3.51. The zero-order valence-electron chi connectivity index (χ0n) is 13.7. The molecule has 0 spiro atoms. The van der Waals surface area contributed by atoms with Gasteiger partial charge in [-0.3, -0.25) is 4.79 Å². The van der Waals surface area contributed by atoms with Crippen LogP contribution in [0, 0.1) is 0 Å². The van der Waals surface area contributed by atoms with E-state index in [1.807, 2.05) is 54.6 Å². The van der Waals surface area contributed by atoms with Gasteiger partial charge in [-0.15, -0.1) is 0 Å². The van der Waals surface area contributed by atoms with E-state index in [1.54, 1.807) is 11.9 Å². The molecule has 0 aromatic heterocycles. The Bertz CT molecular complexity index is 690. The summed E-state index contributed by atoms with van der Waals surface area (Å²) in [6.07, 6.45) is -0.192. The number of likely N-dealkylation sites (N-methyl/N-ethyl adjacent to an activating group) is 1. The zero-order chi connectivity index (χ0) is 16.9. The van der Waals surface area contributed by atoms with Crippen LogP contribution in [0.25, 0.3) is 0 Å². The summed E-state index contributed by atoms with van der Waals surface area (Å²) in [5.74, 6) is 1.11. The lowest BCUT2D eigenvalue weighted by molar-refractivity contribution is -0.132. The highest BCUT2D eigenvalue weighted by atomic mass is 16.6. The molecule has 0 saturated carbocycles. The largest absolute Gasteiger partial charge is 0.486 e. The molecule has 1 heterocycles. The molecule has 5 heteroatoms. The van der Waals surface area contributed by atoms with Gasteiger partial charge in [0, 0.05) is 13.6 Å². The number of nitrogens with two attached hydrogens (primary N) is 1. The molecule has 2 aromatic rings. The molecular weight excluding hydrogens is 304 g/mol. The first kappa shape index (κ1) is 16.3. The Kier molecular flexibility index (Phi) is 5.01. The van der Waals surface area contributed by atoms with Gasteiger partial charge < -0.3 is 20.1 Å². The number of benzene rings is 2. The Balaban J connectivity index is 1.64. The lowest BCUT2D eigenvalue weighted by Gasteiger charge is -2.31. The van der Waals surface area contributed by atoms with E-state index in [9.17, 15) is 4.79 Å². The lowest BCUT2D eigenvalue weighted by atomic mass is 9.98. The number of ether oxygens (including phenoxy) is 2. The maximum atomic E-state index is 12.7. The van der Waals surface area contributed by atoms with Gasteiger partial charge in [-0.2, -0.15) is 0 Å². The highest BCUT2D eigenvalue weighted by Crippen LogP contribution is 2.31. The van der Waals surface area contributed by atoms with Crippen molar-refractivity contribution in [3.63, 3.8) is 0 Å². The lowest BCUT2D eigenvalue weighted by Crippen LogP contribution is -2.44. The SMILES string of the molecule is CN(CC1COc2ccccc2O1)C(=O)C(CN)c1ccccc1. The van der Waals surface area contributed by atoms with Crippen LogP contribution < -0.4 is 15.2 Å². The summed E-state index contributed by atoms with van der Waals surface area (Å²) < 4.78 is 11.6. The molecule has 2 unspecified atom stereocenters. The molecule has 126 valence electrons. The molecule has 3 rings (SSSR count). The van der Waals surface area contributed by atoms with E-state index < -0.39 is 0 Å². The number of nitrogens with zero attached hydrogens (tertiary/aromatic N) is 1. The summed E-state index contributed by atoms with van der Waals surface area (Å²) in [7, 11) is 1.78. The van der Waals surface area contributed by atoms with Crippen molar-refractivity contribution in [2.75, 3.05) is 26.7 Å². The van der Waals surface area contributed by atoms with Crippen molar-refractivity contribution < 1.29 is 14.3 Å². The molecule has 5 nitrogen and oxygen atoms in total. The van der Waals surface area contributed by atoms with Crippen molar-refractivity contribution in [2.45, 2.75) is 12.0 Å². The second kappa shape index (κ2) is 7.36. The molecular formula is C19H22N2O3. The first-order valence-corrected chi connectivity index (χ1v) is 8.07. The summed E-state index contributed by atoms with van der Waals surface area (Å²) in [5.41, 5.74) is 6.77. The minimum absolute atomic E-state index is 0.00819. The van der Waals surface area contributed by atoms with Crippen LogP contribution in [-0.2, 0) is 4.79 Å². The molecule has 2 N–H and O–H groups in total. The van der Waals surface area contributed by atoms with E-state index in [2.05, 4.69) is 0 Å². The van der Waals surface area contributed by atoms with E-state index in [4.69, 9.17) is 15.2 Å². The summed E-state index contributed by atoms with van der Waals surface area (Å²) in [4.78, 5) is 14.4. The topological polar surface area (TPSA) is 64.8 Å². The molecule has 1 aliphatic heterocycles. The van der Waals surface area contributed by atoms with E-state index in [0.29, 0.717) is 18.9 Å². The van der Waals surface area contributed by atoms with Gasteiger partial charge in [0.2, 0.25) is 5.91 Å². The molecule has 2 aromatic carbocycles. The molecule has 0 radical (unpaired) electrons. The van der Waals surface area contributed by atoms with Crippen LogP contribution >= 0.6 is 0 Å². The Morgan fingerprint density at radius 2 is 1.83 bits per heavy atom. The van der Waals surface area contributed by atoms with Gasteiger partial charge in [-0.05, 0) is 17.7 Å². The van der Waals surface area contributed by atoms with Crippen LogP contribution in [0.2, 0.25) is 0 Å². The zero-order valence-corrected chi connectivity index (χ0v) is 13.7. The van der Waals surface area contributed by atoms with E-state index in [1.165, 1.54) is 0 Å². The smallest absolute Gasteiger partial charge is 0.231 e.